The highest BCUT2D eigenvalue weighted by Crippen LogP contribution is 2.15. The van der Waals surface area contributed by atoms with Gasteiger partial charge >= 0.3 is 0 Å². The van der Waals surface area contributed by atoms with E-state index in [1.807, 2.05) is 13.0 Å². The van der Waals surface area contributed by atoms with Crippen LogP contribution < -0.4 is 10.3 Å². The molecule has 6 nitrogen and oxygen atoms in total. The number of nitrogens with zero attached hydrogens (tertiary/aromatic N) is 4. The molecule has 1 aromatic carbocycles. The van der Waals surface area contributed by atoms with E-state index in [0.29, 0.717) is 5.82 Å². The van der Waals surface area contributed by atoms with E-state index in [1.165, 1.54) is 5.56 Å². The minimum absolute atomic E-state index is 0.688. The Labute approximate surface area is 136 Å². The lowest BCUT2D eigenvalue weighted by Crippen LogP contribution is -2.36. The number of ether oxygens (including phenoxy) is 1. The fraction of sp³-hybridized carbons (Fsp3) is 0.353. The molecule has 0 radical (unpaired) electrons. The zero-order chi connectivity index (χ0) is 16.1. The third-order valence-electron chi connectivity index (χ3n) is 3.80. The molecule has 1 aromatic heterocycles. The molecule has 1 N–H and O–H groups in total. The number of aromatic nitrogens is 2. The summed E-state index contributed by atoms with van der Waals surface area (Å²) in [7, 11) is 0. The number of nitrogens with one attached hydrogen (secondary N) is 1. The van der Waals surface area contributed by atoms with Crippen molar-refractivity contribution in [3.63, 3.8) is 0 Å². The summed E-state index contributed by atoms with van der Waals surface area (Å²) in [5, 5.41) is 4.41. The maximum absolute atomic E-state index is 5.37. The highest BCUT2D eigenvalue weighted by molar-refractivity contribution is 5.99. The number of hydrogen-bond donors (Lipinski definition) is 1. The molecule has 1 saturated heterocycles. The number of aryl methyl sites for hydroxylation is 1. The monoisotopic (exact) mass is 311 g/mol. The van der Waals surface area contributed by atoms with Gasteiger partial charge in [0.05, 0.1) is 18.9 Å². The molecule has 1 aliphatic rings. The van der Waals surface area contributed by atoms with Gasteiger partial charge in [-0.2, -0.15) is 5.10 Å². The van der Waals surface area contributed by atoms with Crippen LogP contribution in [0.25, 0.3) is 0 Å². The largest absolute Gasteiger partial charge is 0.378 e. The van der Waals surface area contributed by atoms with Gasteiger partial charge in [0.15, 0.2) is 5.82 Å². The van der Waals surface area contributed by atoms with Gasteiger partial charge in [0.2, 0.25) is 0 Å². The topological polar surface area (TPSA) is 62.6 Å². The maximum atomic E-state index is 5.37. The Kier molecular flexibility index (Phi) is 4.83. The van der Waals surface area contributed by atoms with Crippen molar-refractivity contribution >= 4 is 17.3 Å². The number of morpholine rings is 1. The highest BCUT2D eigenvalue weighted by atomic mass is 16.5. The molecule has 120 valence electrons. The molecular weight excluding hydrogens is 290 g/mol. The van der Waals surface area contributed by atoms with Crippen LogP contribution >= 0.6 is 0 Å². The van der Waals surface area contributed by atoms with Gasteiger partial charge in [-0.3, -0.25) is 5.43 Å². The first-order valence-corrected chi connectivity index (χ1v) is 7.74. The van der Waals surface area contributed by atoms with E-state index in [-0.39, 0.29) is 0 Å². The Morgan fingerprint density at radius 3 is 2.65 bits per heavy atom. The second-order valence-electron chi connectivity index (χ2n) is 5.54. The third kappa shape index (κ3) is 4.04. The predicted octanol–water partition coefficient (Wildman–Crippen LogP) is 2.46. The number of hydrazone groups is 1. The van der Waals surface area contributed by atoms with Crippen LogP contribution in [-0.2, 0) is 4.74 Å². The number of rotatable bonds is 4. The molecule has 23 heavy (non-hydrogen) atoms. The molecule has 3 rings (SSSR count). The second kappa shape index (κ2) is 7.19. The fourth-order valence-electron chi connectivity index (χ4n) is 2.37. The average Bonchev–Trinajstić information content (AvgIpc) is 2.61. The van der Waals surface area contributed by atoms with Gasteiger partial charge in [-0.1, -0.05) is 29.8 Å². The quantitative estimate of drug-likeness (QED) is 0.694. The minimum atomic E-state index is 0.688. The molecule has 1 aliphatic heterocycles. The van der Waals surface area contributed by atoms with Crippen LogP contribution in [0.5, 0.6) is 0 Å². The normalized spacial score (nSPS) is 15.6. The van der Waals surface area contributed by atoms with E-state index in [9.17, 15) is 0 Å². The van der Waals surface area contributed by atoms with Gasteiger partial charge < -0.3 is 9.64 Å². The fourth-order valence-corrected chi connectivity index (χ4v) is 2.37. The zero-order valence-corrected chi connectivity index (χ0v) is 13.5. The van der Waals surface area contributed by atoms with Crippen molar-refractivity contribution in [2.45, 2.75) is 13.8 Å². The lowest BCUT2D eigenvalue weighted by Gasteiger charge is -2.27. The van der Waals surface area contributed by atoms with Gasteiger partial charge in [0.25, 0.3) is 0 Å². The first-order chi connectivity index (χ1) is 11.2. The summed E-state index contributed by atoms with van der Waals surface area (Å²) in [6.45, 7) is 7.21. The maximum Gasteiger partial charge on any atom is 0.151 e. The summed E-state index contributed by atoms with van der Waals surface area (Å²) in [5.41, 5.74) is 6.25. The van der Waals surface area contributed by atoms with Gasteiger partial charge in [-0.25, -0.2) is 9.97 Å². The number of hydrogen-bond acceptors (Lipinski definition) is 6. The number of benzene rings is 1. The van der Waals surface area contributed by atoms with E-state index in [2.05, 4.69) is 56.6 Å². The Morgan fingerprint density at radius 2 is 1.91 bits per heavy atom. The van der Waals surface area contributed by atoms with Gasteiger partial charge in [-0.15, -0.1) is 0 Å². The molecule has 0 aliphatic carbocycles. The lowest BCUT2D eigenvalue weighted by atomic mass is 10.1. The summed E-state index contributed by atoms with van der Waals surface area (Å²) in [4.78, 5) is 10.7. The Hall–Kier alpha value is -2.47. The predicted molar refractivity (Wildman–Crippen MR) is 92.1 cm³/mol. The van der Waals surface area contributed by atoms with Crippen LogP contribution in [0.15, 0.2) is 41.8 Å². The Morgan fingerprint density at radius 1 is 1.17 bits per heavy atom. The highest BCUT2D eigenvalue weighted by Gasteiger charge is 2.12. The minimum Gasteiger partial charge on any atom is -0.378 e. The molecular formula is C17H21N5O. The van der Waals surface area contributed by atoms with E-state index in [0.717, 1.165) is 43.4 Å². The van der Waals surface area contributed by atoms with E-state index >= 15 is 0 Å². The lowest BCUT2D eigenvalue weighted by molar-refractivity contribution is 0.122. The molecule has 0 saturated carbocycles. The van der Waals surface area contributed by atoms with Crippen LogP contribution in [0.2, 0.25) is 0 Å². The summed E-state index contributed by atoms with van der Waals surface area (Å²) >= 11 is 0. The average molecular weight is 311 g/mol. The van der Waals surface area contributed by atoms with Crippen molar-refractivity contribution in [3.05, 3.63) is 47.8 Å². The van der Waals surface area contributed by atoms with Crippen molar-refractivity contribution in [3.8, 4) is 0 Å². The van der Waals surface area contributed by atoms with Crippen molar-refractivity contribution < 1.29 is 4.74 Å². The van der Waals surface area contributed by atoms with Gasteiger partial charge in [0.1, 0.15) is 12.1 Å². The van der Waals surface area contributed by atoms with Crippen molar-refractivity contribution in [1.82, 2.24) is 9.97 Å². The van der Waals surface area contributed by atoms with E-state index in [4.69, 9.17) is 4.74 Å². The molecule has 0 atom stereocenters. The van der Waals surface area contributed by atoms with E-state index in [1.54, 1.807) is 6.33 Å². The molecule has 2 heterocycles. The van der Waals surface area contributed by atoms with Crippen molar-refractivity contribution in [1.29, 1.82) is 0 Å². The summed E-state index contributed by atoms with van der Waals surface area (Å²) < 4.78 is 5.37. The molecule has 0 bridgehead atoms. The Balaban J connectivity index is 1.70. The van der Waals surface area contributed by atoms with Crippen molar-refractivity contribution in [2.24, 2.45) is 5.10 Å². The van der Waals surface area contributed by atoms with Gasteiger partial charge in [0, 0.05) is 19.2 Å². The smallest absolute Gasteiger partial charge is 0.151 e. The summed E-state index contributed by atoms with van der Waals surface area (Å²) in [6.07, 6.45) is 1.56. The third-order valence-corrected chi connectivity index (χ3v) is 3.80. The molecule has 0 unspecified atom stereocenters. The first-order valence-electron chi connectivity index (χ1n) is 7.74. The zero-order valence-electron chi connectivity index (χ0n) is 13.5. The van der Waals surface area contributed by atoms with Crippen molar-refractivity contribution in [2.75, 3.05) is 36.6 Å². The van der Waals surface area contributed by atoms with Crippen LogP contribution in [0.4, 0.5) is 11.6 Å². The van der Waals surface area contributed by atoms with Crippen LogP contribution in [0, 0.1) is 6.92 Å². The van der Waals surface area contributed by atoms with Crippen LogP contribution in [0.3, 0.4) is 0 Å². The molecule has 2 aromatic rings. The Bertz CT molecular complexity index is 678. The first kappa shape index (κ1) is 15.4. The number of anilines is 2. The van der Waals surface area contributed by atoms with Crippen LogP contribution in [0.1, 0.15) is 18.1 Å². The molecule has 0 amide bonds. The SMILES string of the molecule is C/C(=N\Nc1cc(N2CCOCC2)ncn1)c1ccc(C)cc1. The summed E-state index contributed by atoms with van der Waals surface area (Å²) in [6, 6.07) is 10.2. The summed E-state index contributed by atoms with van der Waals surface area (Å²) in [5.74, 6) is 1.59. The standard InChI is InChI=1S/C17H21N5O/c1-13-3-5-15(6-4-13)14(2)20-21-16-11-17(19-12-18-16)22-7-9-23-10-8-22/h3-6,11-12H,7-10H2,1-2H3,(H,18,19,21)/b20-14+. The second-order valence-corrected chi connectivity index (χ2v) is 5.54. The molecule has 1 fully saturated rings. The van der Waals surface area contributed by atoms with E-state index < -0.39 is 0 Å². The molecule has 0 spiro atoms. The van der Waals surface area contributed by atoms with Gasteiger partial charge in [-0.05, 0) is 19.4 Å². The van der Waals surface area contributed by atoms with Crippen LogP contribution in [-0.4, -0.2) is 42.0 Å². The molecule has 6 heteroatoms.